The van der Waals surface area contributed by atoms with E-state index in [0.29, 0.717) is 29.7 Å². The number of benzene rings is 3. The number of aryl methyl sites for hydroxylation is 1. The Hall–Kier alpha value is -4.04. The summed E-state index contributed by atoms with van der Waals surface area (Å²) < 4.78 is 13.3. The molecular weight excluding hydrogens is 555 g/mol. The largest absolute Gasteiger partial charge is 0.347 e. The lowest BCUT2D eigenvalue weighted by Crippen LogP contribution is -2.50. The van der Waals surface area contributed by atoms with E-state index in [2.05, 4.69) is 17.6 Å². The first-order chi connectivity index (χ1) is 21.1. The first kappa shape index (κ1) is 32.9. The van der Waals surface area contributed by atoms with Crippen LogP contribution < -0.4 is 16.4 Å². The normalized spacial score (nSPS) is 16.7. The van der Waals surface area contributed by atoms with Crippen LogP contribution in [0.25, 0.3) is 0 Å². The number of nitrogens with zero attached hydrogens (tertiary/aromatic N) is 1. The molecule has 3 aromatic rings. The molecule has 1 fully saturated rings. The van der Waals surface area contributed by atoms with Crippen LogP contribution in [0.3, 0.4) is 0 Å². The summed E-state index contributed by atoms with van der Waals surface area (Å²) in [6, 6.07) is 19.9. The van der Waals surface area contributed by atoms with Gasteiger partial charge >= 0.3 is 0 Å². The van der Waals surface area contributed by atoms with Gasteiger partial charge in [-0.3, -0.25) is 14.4 Å². The van der Waals surface area contributed by atoms with Crippen molar-refractivity contribution in [2.75, 3.05) is 11.9 Å². The molecule has 0 spiro atoms. The summed E-state index contributed by atoms with van der Waals surface area (Å²) in [7, 11) is 0. The maximum atomic E-state index is 13.7. The van der Waals surface area contributed by atoms with Gasteiger partial charge in [-0.2, -0.15) is 0 Å². The van der Waals surface area contributed by atoms with Crippen molar-refractivity contribution >= 4 is 23.4 Å². The molecule has 4 N–H and O–H groups in total. The molecule has 1 saturated heterocycles. The Morgan fingerprint density at radius 2 is 1.73 bits per heavy atom. The quantitative estimate of drug-likeness (QED) is 0.215. The van der Waals surface area contributed by atoms with Crippen LogP contribution in [-0.2, 0) is 11.2 Å². The van der Waals surface area contributed by atoms with Crippen molar-refractivity contribution in [3.63, 3.8) is 0 Å². The molecule has 7 nitrogen and oxygen atoms in total. The van der Waals surface area contributed by atoms with Gasteiger partial charge in [0.25, 0.3) is 11.8 Å². The zero-order valence-corrected chi connectivity index (χ0v) is 26.0. The van der Waals surface area contributed by atoms with E-state index in [4.69, 9.17) is 5.73 Å². The van der Waals surface area contributed by atoms with Gasteiger partial charge in [-0.25, -0.2) is 4.39 Å². The van der Waals surface area contributed by atoms with E-state index in [9.17, 15) is 18.8 Å². The van der Waals surface area contributed by atoms with Crippen LogP contribution in [0.1, 0.15) is 84.2 Å². The minimum atomic E-state index is -0.539. The smallest absolute Gasteiger partial charge is 0.254 e. The van der Waals surface area contributed by atoms with Crippen LogP contribution in [-0.4, -0.2) is 47.3 Å². The predicted molar refractivity (Wildman–Crippen MR) is 173 cm³/mol. The Morgan fingerprint density at radius 1 is 1.02 bits per heavy atom. The maximum absolute atomic E-state index is 13.7. The van der Waals surface area contributed by atoms with Crippen LogP contribution >= 0.6 is 0 Å². The number of hydrogen-bond donors (Lipinski definition) is 3. The Kier molecular flexibility index (Phi) is 11.7. The van der Waals surface area contributed by atoms with Crippen molar-refractivity contribution in [1.29, 1.82) is 0 Å². The van der Waals surface area contributed by atoms with Gasteiger partial charge in [0.1, 0.15) is 5.82 Å². The van der Waals surface area contributed by atoms with Crippen LogP contribution in [0.15, 0.2) is 72.8 Å². The number of anilines is 1. The van der Waals surface area contributed by atoms with Crippen LogP contribution in [0.4, 0.5) is 10.1 Å². The summed E-state index contributed by atoms with van der Waals surface area (Å²) in [5.41, 5.74) is 9.95. The maximum Gasteiger partial charge on any atom is 0.254 e. The van der Waals surface area contributed by atoms with E-state index in [1.54, 1.807) is 19.1 Å². The van der Waals surface area contributed by atoms with Crippen LogP contribution in [0.2, 0.25) is 0 Å². The van der Waals surface area contributed by atoms with Gasteiger partial charge in [0.05, 0.1) is 0 Å². The Balaban J connectivity index is 1.48. The van der Waals surface area contributed by atoms with Crippen molar-refractivity contribution < 1.29 is 18.8 Å². The Labute approximate surface area is 260 Å². The minimum absolute atomic E-state index is 0.0279. The predicted octanol–water partition coefficient (Wildman–Crippen LogP) is 6.26. The van der Waals surface area contributed by atoms with Gasteiger partial charge in [0, 0.05) is 47.4 Å². The second-order valence-electron chi connectivity index (χ2n) is 12.1. The van der Waals surface area contributed by atoms with Gasteiger partial charge in [0.15, 0.2) is 0 Å². The molecule has 0 radical (unpaired) electrons. The third kappa shape index (κ3) is 8.99. The number of carbonyl (C=O) groups is 3. The molecule has 3 aromatic carbocycles. The molecule has 3 amide bonds. The average molecular weight is 601 g/mol. The topological polar surface area (TPSA) is 105 Å². The highest BCUT2D eigenvalue weighted by Gasteiger charge is 2.30. The number of amides is 3. The molecule has 234 valence electrons. The fraction of sp³-hybridized carbons (Fsp3) is 0.417. The van der Waals surface area contributed by atoms with Crippen molar-refractivity contribution in [3.8, 4) is 0 Å². The molecule has 1 heterocycles. The van der Waals surface area contributed by atoms with E-state index in [1.807, 2.05) is 48.2 Å². The zero-order valence-electron chi connectivity index (χ0n) is 26.0. The first-order valence-corrected chi connectivity index (χ1v) is 15.7. The van der Waals surface area contributed by atoms with Gasteiger partial charge in [-0.1, -0.05) is 57.0 Å². The number of likely N-dealkylation sites (tertiary alicyclic amines) is 1. The summed E-state index contributed by atoms with van der Waals surface area (Å²) in [6.07, 6.45) is 5.99. The van der Waals surface area contributed by atoms with Gasteiger partial charge in [-0.15, -0.1) is 0 Å². The fourth-order valence-corrected chi connectivity index (χ4v) is 5.95. The minimum Gasteiger partial charge on any atom is -0.347 e. The molecule has 0 aliphatic carbocycles. The van der Waals surface area contributed by atoms with Gasteiger partial charge in [-0.05, 0) is 92.6 Å². The molecule has 1 aliphatic heterocycles. The molecule has 4 rings (SSSR count). The molecule has 4 atom stereocenters. The van der Waals surface area contributed by atoms with Crippen molar-refractivity contribution in [2.24, 2.45) is 11.7 Å². The van der Waals surface area contributed by atoms with Gasteiger partial charge < -0.3 is 21.3 Å². The summed E-state index contributed by atoms with van der Waals surface area (Å²) in [5, 5.41) is 5.92. The monoisotopic (exact) mass is 600 g/mol. The number of unbranched alkanes of at least 4 members (excludes halogenated alkanes) is 1. The van der Waals surface area contributed by atoms with E-state index in [-0.39, 0.29) is 29.6 Å². The second kappa shape index (κ2) is 15.6. The van der Waals surface area contributed by atoms with Crippen molar-refractivity contribution in [1.82, 2.24) is 10.2 Å². The molecule has 44 heavy (non-hydrogen) atoms. The molecule has 1 aliphatic rings. The number of nitrogens with two attached hydrogens (primary N) is 1. The lowest BCUT2D eigenvalue weighted by Gasteiger charge is -2.28. The standard InChI is InChI=1S/C36H45FN4O3/c1-4-5-12-31-13-9-18-41(31)36(44)28-20-24(2)19-27(23-28)35(43)40-33(22-26-10-7-6-8-11-26)32(38)21-25(3)34(42)39-30-16-14-29(37)15-17-30/h6-8,10-11,14-17,19-20,23,25,31-33H,4-5,9,12-13,18,21-22,38H2,1-3H3,(H,39,42)(H,40,43)/t25-,31+,32+,33+/m1/s1. The molecule has 0 saturated carbocycles. The SMILES string of the molecule is CCCC[C@H]1CCCN1C(=O)c1cc(C)cc(C(=O)N[C@@H](Cc2ccccc2)[C@@H](N)C[C@@H](C)C(=O)Nc2ccc(F)cc2)c1. The number of rotatable bonds is 13. The molecule has 0 unspecified atom stereocenters. The van der Waals surface area contributed by atoms with E-state index >= 15 is 0 Å². The highest BCUT2D eigenvalue weighted by Crippen LogP contribution is 2.25. The number of halogens is 1. The Morgan fingerprint density at radius 3 is 2.43 bits per heavy atom. The van der Waals surface area contributed by atoms with Crippen molar-refractivity contribution in [3.05, 3.63) is 101 Å². The number of nitrogens with one attached hydrogen (secondary N) is 2. The van der Waals surface area contributed by atoms with Crippen LogP contribution in [0, 0.1) is 18.7 Å². The van der Waals surface area contributed by atoms with Crippen LogP contribution in [0.5, 0.6) is 0 Å². The molecule has 8 heteroatoms. The highest BCUT2D eigenvalue weighted by atomic mass is 19.1. The summed E-state index contributed by atoms with van der Waals surface area (Å²) >= 11 is 0. The summed E-state index contributed by atoms with van der Waals surface area (Å²) in [5.74, 6) is -1.42. The number of hydrogen-bond acceptors (Lipinski definition) is 4. The lowest BCUT2D eigenvalue weighted by molar-refractivity contribution is -0.119. The number of carbonyl (C=O) groups excluding carboxylic acids is 3. The molecular formula is C36H45FN4O3. The summed E-state index contributed by atoms with van der Waals surface area (Å²) in [6.45, 7) is 6.57. The zero-order chi connectivity index (χ0) is 31.6. The van der Waals surface area contributed by atoms with E-state index in [1.165, 1.54) is 24.3 Å². The Bertz CT molecular complexity index is 1410. The third-order valence-electron chi connectivity index (χ3n) is 8.43. The van der Waals surface area contributed by atoms with E-state index in [0.717, 1.165) is 49.8 Å². The highest BCUT2D eigenvalue weighted by molar-refractivity contribution is 6.00. The van der Waals surface area contributed by atoms with E-state index < -0.39 is 18.0 Å². The second-order valence-corrected chi connectivity index (χ2v) is 12.1. The van der Waals surface area contributed by atoms with Gasteiger partial charge in [0.2, 0.25) is 5.91 Å². The first-order valence-electron chi connectivity index (χ1n) is 15.7. The third-order valence-corrected chi connectivity index (χ3v) is 8.43. The fourth-order valence-electron chi connectivity index (χ4n) is 5.95. The summed E-state index contributed by atoms with van der Waals surface area (Å²) in [4.78, 5) is 42.1. The molecule has 0 aromatic heterocycles. The molecule has 0 bridgehead atoms. The van der Waals surface area contributed by atoms with Crippen molar-refractivity contribution in [2.45, 2.75) is 83.8 Å². The average Bonchev–Trinajstić information content (AvgIpc) is 3.49. The lowest BCUT2D eigenvalue weighted by atomic mass is 9.91.